The quantitative estimate of drug-likeness (QED) is 0.684. The fourth-order valence-electron chi connectivity index (χ4n) is 2.58. The maximum Gasteiger partial charge on any atom is 0.237 e. The van der Waals surface area contributed by atoms with E-state index in [1.807, 2.05) is 31.2 Å². The summed E-state index contributed by atoms with van der Waals surface area (Å²) in [4.78, 5) is 12.0. The SMILES string of the molecule is Cc1cccc(OCC(O)CNC(=O)C(N)C2CCOCC2)c1. The van der Waals surface area contributed by atoms with Gasteiger partial charge in [-0.15, -0.1) is 0 Å². The number of aryl methyl sites for hydroxylation is 1. The summed E-state index contributed by atoms with van der Waals surface area (Å²) < 4.78 is 10.8. The number of nitrogens with one attached hydrogen (secondary N) is 1. The zero-order chi connectivity index (χ0) is 16.7. The molecule has 1 heterocycles. The van der Waals surface area contributed by atoms with Gasteiger partial charge in [-0.3, -0.25) is 4.79 Å². The van der Waals surface area contributed by atoms with Crippen molar-refractivity contribution in [3.8, 4) is 5.75 Å². The molecule has 6 heteroatoms. The zero-order valence-corrected chi connectivity index (χ0v) is 13.5. The van der Waals surface area contributed by atoms with Crippen molar-refractivity contribution in [2.45, 2.75) is 31.9 Å². The molecule has 4 N–H and O–H groups in total. The van der Waals surface area contributed by atoms with Crippen molar-refractivity contribution >= 4 is 5.91 Å². The van der Waals surface area contributed by atoms with E-state index in [9.17, 15) is 9.90 Å². The summed E-state index contributed by atoms with van der Waals surface area (Å²) in [6, 6.07) is 7.04. The van der Waals surface area contributed by atoms with Crippen LogP contribution in [0.2, 0.25) is 0 Å². The third-order valence-corrected chi connectivity index (χ3v) is 4.02. The Balaban J connectivity index is 1.68. The van der Waals surface area contributed by atoms with Gasteiger partial charge in [-0.05, 0) is 43.4 Å². The number of carbonyl (C=O) groups excluding carboxylic acids is 1. The third kappa shape index (κ3) is 5.82. The molecule has 128 valence electrons. The van der Waals surface area contributed by atoms with Crippen LogP contribution in [-0.2, 0) is 9.53 Å². The van der Waals surface area contributed by atoms with Crippen molar-refractivity contribution < 1.29 is 19.4 Å². The van der Waals surface area contributed by atoms with Crippen LogP contribution < -0.4 is 15.8 Å². The fraction of sp³-hybridized carbons (Fsp3) is 0.588. The molecule has 0 spiro atoms. The van der Waals surface area contributed by atoms with E-state index < -0.39 is 12.1 Å². The van der Waals surface area contributed by atoms with Crippen molar-refractivity contribution in [3.05, 3.63) is 29.8 Å². The van der Waals surface area contributed by atoms with Crippen LogP contribution in [0.25, 0.3) is 0 Å². The van der Waals surface area contributed by atoms with Crippen molar-refractivity contribution in [3.63, 3.8) is 0 Å². The van der Waals surface area contributed by atoms with E-state index in [1.165, 1.54) is 0 Å². The van der Waals surface area contributed by atoms with Crippen LogP contribution in [-0.4, -0.2) is 49.5 Å². The smallest absolute Gasteiger partial charge is 0.237 e. The lowest BCUT2D eigenvalue weighted by molar-refractivity contribution is -0.124. The lowest BCUT2D eigenvalue weighted by atomic mass is 9.92. The number of ether oxygens (including phenoxy) is 2. The summed E-state index contributed by atoms with van der Waals surface area (Å²) >= 11 is 0. The minimum atomic E-state index is -0.777. The summed E-state index contributed by atoms with van der Waals surface area (Å²) in [7, 11) is 0. The number of hydrogen-bond donors (Lipinski definition) is 3. The van der Waals surface area contributed by atoms with E-state index in [4.69, 9.17) is 15.2 Å². The Morgan fingerprint density at radius 1 is 1.48 bits per heavy atom. The number of amides is 1. The fourth-order valence-corrected chi connectivity index (χ4v) is 2.58. The van der Waals surface area contributed by atoms with Crippen molar-refractivity contribution in [1.29, 1.82) is 0 Å². The van der Waals surface area contributed by atoms with E-state index in [0.717, 1.165) is 18.4 Å². The second kappa shape index (κ2) is 8.86. The first-order chi connectivity index (χ1) is 11.1. The maximum absolute atomic E-state index is 12.0. The van der Waals surface area contributed by atoms with Gasteiger partial charge < -0.3 is 25.6 Å². The van der Waals surface area contributed by atoms with Gasteiger partial charge in [0.15, 0.2) is 0 Å². The van der Waals surface area contributed by atoms with Gasteiger partial charge in [-0.1, -0.05) is 12.1 Å². The number of benzene rings is 1. The highest BCUT2D eigenvalue weighted by Gasteiger charge is 2.26. The molecule has 1 aliphatic heterocycles. The second-order valence-corrected chi connectivity index (χ2v) is 6.00. The standard InChI is InChI=1S/C17H26N2O4/c1-12-3-2-4-15(9-12)23-11-14(20)10-19-17(21)16(18)13-5-7-22-8-6-13/h2-4,9,13-14,16,20H,5-8,10-11,18H2,1H3,(H,19,21). The summed E-state index contributed by atoms with van der Waals surface area (Å²) in [6.07, 6.45) is 0.822. The van der Waals surface area contributed by atoms with Gasteiger partial charge in [-0.2, -0.15) is 0 Å². The van der Waals surface area contributed by atoms with Gasteiger partial charge in [0.05, 0.1) is 6.04 Å². The molecular weight excluding hydrogens is 296 g/mol. The van der Waals surface area contributed by atoms with Crippen LogP contribution in [0.5, 0.6) is 5.75 Å². The Kier molecular flexibility index (Phi) is 6.83. The molecule has 0 saturated carbocycles. The molecule has 2 atom stereocenters. The lowest BCUT2D eigenvalue weighted by Crippen LogP contribution is -2.49. The first kappa shape index (κ1) is 17.7. The van der Waals surface area contributed by atoms with Gasteiger partial charge >= 0.3 is 0 Å². The summed E-state index contributed by atoms with van der Waals surface area (Å²) in [5.74, 6) is 0.616. The Hall–Kier alpha value is -1.63. The van der Waals surface area contributed by atoms with Gasteiger partial charge in [0, 0.05) is 19.8 Å². The molecule has 1 aromatic carbocycles. The van der Waals surface area contributed by atoms with Crippen molar-refractivity contribution in [2.75, 3.05) is 26.4 Å². The topological polar surface area (TPSA) is 93.8 Å². The van der Waals surface area contributed by atoms with Crippen LogP contribution in [0, 0.1) is 12.8 Å². The molecule has 2 rings (SSSR count). The first-order valence-electron chi connectivity index (χ1n) is 8.05. The maximum atomic E-state index is 12.0. The molecular formula is C17H26N2O4. The van der Waals surface area contributed by atoms with E-state index in [2.05, 4.69) is 5.32 Å². The number of carbonyl (C=O) groups is 1. The highest BCUT2D eigenvalue weighted by molar-refractivity contribution is 5.81. The molecule has 0 bridgehead atoms. The molecule has 0 radical (unpaired) electrons. The van der Waals surface area contributed by atoms with E-state index in [-0.39, 0.29) is 25.0 Å². The van der Waals surface area contributed by atoms with Crippen LogP contribution in [0.4, 0.5) is 0 Å². The number of rotatable bonds is 7. The summed E-state index contributed by atoms with van der Waals surface area (Å²) in [5, 5.41) is 12.6. The Bertz CT molecular complexity index is 503. The average Bonchev–Trinajstić information content (AvgIpc) is 2.58. The molecule has 1 saturated heterocycles. The van der Waals surface area contributed by atoms with Gasteiger partial charge in [0.2, 0.25) is 5.91 Å². The molecule has 1 aromatic rings. The molecule has 2 unspecified atom stereocenters. The predicted molar refractivity (Wildman–Crippen MR) is 87.2 cm³/mol. The zero-order valence-electron chi connectivity index (χ0n) is 13.5. The normalized spacial score (nSPS) is 18.2. The number of hydrogen-bond acceptors (Lipinski definition) is 5. The van der Waals surface area contributed by atoms with Gasteiger partial charge in [-0.25, -0.2) is 0 Å². The number of aliphatic hydroxyl groups excluding tert-OH is 1. The van der Waals surface area contributed by atoms with Crippen LogP contribution >= 0.6 is 0 Å². The summed E-state index contributed by atoms with van der Waals surface area (Å²) in [6.45, 7) is 3.52. The number of aliphatic hydroxyl groups is 1. The Labute approximate surface area is 137 Å². The van der Waals surface area contributed by atoms with Crippen molar-refractivity contribution in [1.82, 2.24) is 5.32 Å². The molecule has 1 amide bonds. The lowest BCUT2D eigenvalue weighted by Gasteiger charge is -2.27. The second-order valence-electron chi connectivity index (χ2n) is 6.00. The largest absolute Gasteiger partial charge is 0.491 e. The van der Waals surface area contributed by atoms with Crippen molar-refractivity contribution in [2.24, 2.45) is 11.7 Å². The molecule has 0 aromatic heterocycles. The molecule has 1 aliphatic rings. The Morgan fingerprint density at radius 2 is 2.22 bits per heavy atom. The highest BCUT2D eigenvalue weighted by atomic mass is 16.5. The Morgan fingerprint density at radius 3 is 2.91 bits per heavy atom. The van der Waals surface area contributed by atoms with Gasteiger partial charge in [0.1, 0.15) is 18.5 Å². The van der Waals surface area contributed by atoms with Crippen LogP contribution in [0.3, 0.4) is 0 Å². The summed E-state index contributed by atoms with van der Waals surface area (Å²) in [5.41, 5.74) is 7.07. The minimum absolute atomic E-state index is 0.121. The van der Waals surface area contributed by atoms with Gasteiger partial charge in [0.25, 0.3) is 0 Å². The monoisotopic (exact) mass is 322 g/mol. The first-order valence-corrected chi connectivity index (χ1v) is 8.05. The van der Waals surface area contributed by atoms with Crippen LogP contribution in [0.1, 0.15) is 18.4 Å². The highest BCUT2D eigenvalue weighted by Crippen LogP contribution is 2.17. The van der Waals surface area contributed by atoms with E-state index in [1.54, 1.807) is 0 Å². The van der Waals surface area contributed by atoms with E-state index in [0.29, 0.717) is 19.0 Å². The van der Waals surface area contributed by atoms with Crippen LogP contribution in [0.15, 0.2) is 24.3 Å². The average molecular weight is 322 g/mol. The molecule has 23 heavy (non-hydrogen) atoms. The molecule has 6 nitrogen and oxygen atoms in total. The third-order valence-electron chi connectivity index (χ3n) is 4.02. The predicted octanol–water partition coefficient (Wildman–Crippen LogP) is 0.605. The molecule has 1 fully saturated rings. The minimum Gasteiger partial charge on any atom is -0.491 e. The van der Waals surface area contributed by atoms with E-state index >= 15 is 0 Å². The molecule has 0 aliphatic carbocycles. The number of nitrogens with two attached hydrogens (primary N) is 1.